The van der Waals surface area contributed by atoms with Gasteiger partial charge in [0.15, 0.2) is 72.6 Å². The third kappa shape index (κ3) is 28.3. The molecule has 0 radical (unpaired) electrons. The first-order valence-electron chi connectivity index (χ1n) is 34.9. The van der Waals surface area contributed by atoms with Crippen LogP contribution >= 0.6 is 0 Å². The van der Waals surface area contributed by atoms with Crippen LogP contribution in [0.25, 0.3) is 0 Å². The van der Waals surface area contributed by atoms with Crippen LogP contribution in [0.5, 0.6) is 0 Å². The average Bonchev–Trinajstić information content (AvgIpc) is 0.756. The highest BCUT2D eigenvalue weighted by Gasteiger charge is 2.61. The number of esters is 14. The molecule has 2 heterocycles. The molecule has 6 N–H and O–H groups in total. The molecule has 40 heteroatoms. The number of carbonyl (C=O) groups excluding carboxylic acids is 18. The minimum Gasteiger partial charge on any atom is -0.462 e. The first kappa shape index (κ1) is 92.6. The van der Waals surface area contributed by atoms with Gasteiger partial charge in [0, 0.05) is 134 Å². The number of ether oxygens (including phenoxy) is 16. The van der Waals surface area contributed by atoms with Gasteiger partial charge in [-0.2, -0.15) is 0 Å². The van der Waals surface area contributed by atoms with E-state index in [0.29, 0.717) is 0 Å². The number of amides is 4. The van der Waals surface area contributed by atoms with Crippen LogP contribution in [0.15, 0.2) is 84.9 Å². The molecule has 40 nitrogen and oxygen atoms in total. The molecule has 0 unspecified atom stereocenters. The van der Waals surface area contributed by atoms with Crippen molar-refractivity contribution < 1.29 is 172 Å². The second-order valence-electron chi connectivity index (χ2n) is 25.9. The summed E-state index contributed by atoms with van der Waals surface area (Å²) in [6.07, 6.45) is -30.4. The van der Waals surface area contributed by atoms with Gasteiger partial charge in [0.25, 0.3) is 23.6 Å². The molecular formula is C74H90N4O36. The monoisotopic (exact) mass is 1610 g/mol. The zero-order chi connectivity index (χ0) is 85.2. The fourth-order valence-electron chi connectivity index (χ4n) is 12.3. The highest BCUT2D eigenvalue weighted by molar-refractivity contribution is 6.00. The molecule has 2 aliphatic rings. The van der Waals surface area contributed by atoms with Crippen molar-refractivity contribution in [2.75, 3.05) is 26.3 Å². The lowest BCUT2D eigenvalue weighted by Gasteiger charge is -2.50. The van der Waals surface area contributed by atoms with E-state index in [1.54, 1.807) is 36.4 Å². The number of carbonyl (C=O) groups is 18. The lowest BCUT2D eigenvalue weighted by Crippen LogP contribution is -2.73. The topological polar surface area (TPSA) is 544 Å². The Hall–Kier alpha value is -12.0. The maximum Gasteiger partial charge on any atom is 0.303 e. The van der Waals surface area contributed by atoms with Gasteiger partial charge in [-0.3, -0.25) is 86.3 Å². The van der Waals surface area contributed by atoms with E-state index in [1.165, 1.54) is 30.3 Å². The Morgan fingerprint density at radius 2 is 0.640 bits per heavy atom. The van der Waals surface area contributed by atoms with Crippen molar-refractivity contribution in [3.05, 3.63) is 107 Å². The number of aliphatic hydroxyl groups is 2. The summed E-state index contributed by atoms with van der Waals surface area (Å²) < 4.78 is 88.6. The van der Waals surface area contributed by atoms with Crippen LogP contribution in [0.4, 0.5) is 0 Å². The minimum absolute atomic E-state index is 0.258. The number of benzene rings is 3. The quantitative estimate of drug-likeness (QED) is 0.0303. The van der Waals surface area contributed by atoms with Gasteiger partial charge in [-0.05, 0) is 29.3 Å². The predicted octanol–water partition coefficient (Wildman–Crippen LogP) is -0.917. The largest absolute Gasteiger partial charge is 0.462 e. The Labute approximate surface area is 650 Å². The van der Waals surface area contributed by atoms with E-state index in [-0.39, 0.29) is 11.1 Å². The highest BCUT2D eigenvalue weighted by atomic mass is 16.7. The molecule has 0 aromatic heterocycles. The molecule has 0 aliphatic carbocycles. The SMILES string of the molecule is CC(=O)OC[C@@H](OC(C)=O)[C@@H](OC(C)=O)[C@H](OC(C)=O)[C@@H](OC(C)=O)C(=O)NC[C@H]1O[C@@](O)(Cc2ccccc2)[C@H](NC(=O)c2cccc(C(=O)N[C@@H]3[C@@H](OC(C)=O)[C@H](OC(C)=O)[C@@H](CNC(=O)[C@H](OC(C)=O)[C@@H](OC(C)=O)[C@H](OC(C)=O)[C@@H](COC(C)=O)OC(C)=O)O[C@@]3(O)Cc3ccccc3)c2)[C@@H](OC(C)=O)[C@@H]1OC(C)=O. The van der Waals surface area contributed by atoms with Crippen LogP contribution in [0.1, 0.15) is 129 Å². The Balaban J connectivity index is 1.60. The number of nitrogens with one attached hydrogen (secondary N) is 4. The normalized spacial score (nSPS) is 22.2. The van der Waals surface area contributed by atoms with Crippen LogP contribution in [-0.2, 0) is 165 Å². The predicted molar refractivity (Wildman–Crippen MR) is 375 cm³/mol. The Bertz CT molecular complexity index is 3780. The second-order valence-corrected chi connectivity index (χ2v) is 25.9. The van der Waals surface area contributed by atoms with E-state index in [0.717, 1.165) is 115 Å². The molecule has 18 atom stereocenters. The van der Waals surface area contributed by atoms with Crippen molar-refractivity contribution in [1.29, 1.82) is 0 Å². The molecular weight excluding hydrogens is 1520 g/mol. The molecule has 2 saturated heterocycles. The molecule has 2 aliphatic heterocycles. The molecule has 3 aromatic carbocycles. The summed E-state index contributed by atoms with van der Waals surface area (Å²) in [5, 5.41) is 36.0. The molecule has 622 valence electrons. The summed E-state index contributed by atoms with van der Waals surface area (Å²) in [4.78, 5) is 238. The third-order valence-corrected chi connectivity index (χ3v) is 16.3. The summed E-state index contributed by atoms with van der Waals surface area (Å²) in [5.41, 5.74) is -0.377. The van der Waals surface area contributed by atoms with Crippen molar-refractivity contribution >= 4 is 107 Å². The number of hydrogen-bond donors (Lipinski definition) is 6. The van der Waals surface area contributed by atoms with E-state index in [9.17, 15) is 86.9 Å². The van der Waals surface area contributed by atoms with Crippen molar-refractivity contribution in [2.24, 2.45) is 0 Å². The summed E-state index contributed by atoms with van der Waals surface area (Å²) in [7, 11) is 0. The van der Waals surface area contributed by atoms with Crippen LogP contribution in [-0.4, -0.2) is 253 Å². The highest BCUT2D eigenvalue weighted by Crippen LogP contribution is 2.38. The Kier molecular flexibility index (Phi) is 34.6. The standard InChI is InChI=1S/C74H90N4O36/c1-35(79)99-33-55(101-37(3)81)59(105-41(7)85)61(107-43(9)87)65(111-47(13)91)71(95)75-31-53-57(103-39(5)83)63(109-45(11)89)67(73(97,113-53)29-49-22-17-15-18-23-49)77-69(93)51-26-21-27-52(28-51)70(94)78-68-64(110-46(12)90)58(104-40(6)84)54(114-74(68,98)30-50-24-19-16-20-25-50)32-76-72(96)66(112-48(14)92)62(108-44(10)88)60(106-42(8)86)56(102-38(4)82)34-100-36(2)80/h15-28,53-68,97-98H,29-34H2,1-14H3,(H,75,95)(H,76,96)(H,77,93)(H,78,94)/t53-,54-,55-,56-,57-,58-,59-,60-,61+,62+,63+,64+,65-,66-,67-,68-,73+,74+/m1/s1. The lowest BCUT2D eigenvalue weighted by molar-refractivity contribution is -0.314. The van der Waals surface area contributed by atoms with E-state index in [2.05, 4.69) is 21.3 Å². The number of rotatable bonds is 36. The zero-order valence-corrected chi connectivity index (χ0v) is 64.3. The van der Waals surface area contributed by atoms with Crippen LogP contribution in [0.3, 0.4) is 0 Å². The third-order valence-electron chi connectivity index (χ3n) is 16.3. The summed E-state index contributed by atoms with van der Waals surface area (Å²) in [6.45, 7) is 8.67. The first-order valence-corrected chi connectivity index (χ1v) is 34.9. The van der Waals surface area contributed by atoms with Crippen LogP contribution in [0, 0.1) is 0 Å². The minimum atomic E-state index is -2.86. The van der Waals surface area contributed by atoms with Gasteiger partial charge in [-0.1, -0.05) is 66.7 Å². The summed E-state index contributed by atoms with van der Waals surface area (Å²) in [5.74, 6) is -26.7. The lowest BCUT2D eigenvalue weighted by atomic mass is 9.85. The molecule has 2 fully saturated rings. The molecule has 0 spiro atoms. The van der Waals surface area contributed by atoms with Gasteiger partial charge in [0.2, 0.25) is 12.2 Å². The Morgan fingerprint density at radius 1 is 0.351 bits per heavy atom. The van der Waals surface area contributed by atoms with Gasteiger partial charge < -0.3 is 107 Å². The van der Waals surface area contributed by atoms with Gasteiger partial charge in [-0.15, -0.1) is 0 Å². The van der Waals surface area contributed by atoms with E-state index in [4.69, 9.17) is 75.8 Å². The van der Waals surface area contributed by atoms with Crippen molar-refractivity contribution in [2.45, 2.75) is 219 Å². The van der Waals surface area contributed by atoms with Crippen LogP contribution < -0.4 is 21.3 Å². The molecule has 0 bridgehead atoms. The second kappa shape index (κ2) is 42.6. The summed E-state index contributed by atoms with van der Waals surface area (Å²) >= 11 is 0. The number of hydrogen-bond acceptors (Lipinski definition) is 36. The average molecular weight is 1610 g/mol. The molecule has 3 aromatic rings. The van der Waals surface area contributed by atoms with E-state index >= 15 is 9.59 Å². The maximum atomic E-state index is 15.1. The smallest absolute Gasteiger partial charge is 0.303 e. The first-order chi connectivity index (χ1) is 53.4. The van der Waals surface area contributed by atoms with Crippen LogP contribution in [0.2, 0.25) is 0 Å². The maximum absolute atomic E-state index is 15.1. The van der Waals surface area contributed by atoms with Gasteiger partial charge in [-0.25, -0.2) is 0 Å². The molecule has 5 rings (SSSR count). The van der Waals surface area contributed by atoms with E-state index < -0.39 is 267 Å². The van der Waals surface area contributed by atoms with Crippen molar-refractivity contribution in [3.8, 4) is 0 Å². The van der Waals surface area contributed by atoms with Gasteiger partial charge >= 0.3 is 83.6 Å². The van der Waals surface area contributed by atoms with Gasteiger partial charge in [0.05, 0.1) is 0 Å². The zero-order valence-electron chi connectivity index (χ0n) is 64.3. The van der Waals surface area contributed by atoms with Crippen molar-refractivity contribution in [3.63, 3.8) is 0 Å². The molecule has 0 saturated carbocycles. The Morgan fingerprint density at radius 3 is 0.921 bits per heavy atom. The molecule has 114 heavy (non-hydrogen) atoms. The summed E-state index contributed by atoms with van der Waals surface area (Å²) in [6, 6.07) is 15.7. The fraction of sp³-hybridized carbons (Fsp3) is 0.514. The van der Waals surface area contributed by atoms with E-state index in [1.807, 2.05) is 0 Å². The fourth-order valence-corrected chi connectivity index (χ4v) is 12.3. The molecule has 4 amide bonds. The van der Waals surface area contributed by atoms with Gasteiger partial charge in [0.1, 0.15) is 37.5 Å². The van der Waals surface area contributed by atoms with Crippen molar-refractivity contribution in [1.82, 2.24) is 21.3 Å².